The van der Waals surface area contributed by atoms with Crippen molar-refractivity contribution in [3.63, 3.8) is 0 Å². The van der Waals surface area contributed by atoms with Crippen molar-refractivity contribution in [3.05, 3.63) is 35.9 Å². The number of anilines is 1. The minimum absolute atomic E-state index is 0.522. The fourth-order valence-corrected chi connectivity index (χ4v) is 1.65. The Labute approximate surface area is 87.7 Å². The largest absolute Gasteiger partial charge is 0.495 e. The van der Waals surface area contributed by atoms with E-state index in [0.717, 1.165) is 10.8 Å². The molecule has 0 saturated heterocycles. The number of nitriles is 1. The number of methoxy groups -OCH3 is 1. The molecule has 74 valence electrons. The van der Waals surface area contributed by atoms with Crippen LogP contribution >= 0.6 is 0 Å². The fourth-order valence-electron chi connectivity index (χ4n) is 1.65. The monoisotopic (exact) mass is 198 g/mol. The van der Waals surface area contributed by atoms with Gasteiger partial charge in [-0.3, -0.25) is 0 Å². The maximum Gasteiger partial charge on any atom is 0.139 e. The summed E-state index contributed by atoms with van der Waals surface area (Å²) in [6, 6.07) is 11.4. The van der Waals surface area contributed by atoms with Crippen molar-refractivity contribution in [1.29, 1.82) is 5.26 Å². The molecule has 0 heterocycles. The third-order valence-corrected chi connectivity index (χ3v) is 2.37. The van der Waals surface area contributed by atoms with Crippen LogP contribution in [0.15, 0.2) is 30.3 Å². The van der Waals surface area contributed by atoms with Crippen molar-refractivity contribution in [3.8, 4) is 11.8 Å². The molecule has 2 aromatic rings. The first kappa shape index (κ1) is 9.35. The molecule has 2 aromatic carbocycles. The van der Waals surface area contributed by atoms with Crippen LogP contribution in [0.1, 0.15) is 5.56 Å². The Kier molecular flexibility index (Phi) is 2.18. The summed E-state index contributed by atoms with van der Waals surface area (Å²) in [6.07, 6.45) is 0. The molecule has 0 aliphatic heterocycles. The van der Waals surface area contributed by atoms with Crippen molar-refractivity contribution in [2.75, 3.05) is 12.8 Å². The van der Waals surface area contributed by atoms with Gasteiger partial charge < -0.3 is 10.5 Å². The van der Waals surface area contributed by atoms with E-state index >= 15 is 0 Å². The van der Waals surface area contributed by atoms with Crippen LogP contribution in [0.2, 0.25) is 0 Å². The number of ether oxygens (including phenoxy) is 1. The molecule has 0 atom stereocenters. The van der Waals surface area contributed by atoms with Crippen molar-refractivity contribution in [2.24, 2.45) is 0 Å². The number of nitrogens with two attached hydrogens (primary N) is 1. The van der Waals surface area contributed by atoms with E-state index in [1.807, 2.05) is 24.3 Å². The minimum Gasteiger partial charge on any atom is -0.495 e. The van der Waals surface area contributed by atoms with Gasteiger partial charge >= 0.3 is 0 Å². The number of hydrogen-bond donors (Lipinski definition) is 1. The zero-order valence-corrected chi connectivity index (χ0v) is 8.32. The highest BCUT2D eigenvalue weighted by atomic mass is 16.5. The third kappa shape index (κ3) is 1.36. The average Bonchev–Trinajstić information content (AvgIpc) is 2.29. The minimum atomic E-state index is 0.522. The van der Waals surface area contributed by atoms with Gasteiger partial charge in [-0.1, -0.05) is 24.3 Å². The van der Waals surface area contributed by atoms with Crippen LogP contribution < -0.4 is 10.5 Å². The Hall–Kier alpha value is -2.21. The standard InChI is InChI=1S/C12H10N2O/c1-15-12-6-11(14)9-5-3-2-4-8(9)10(12)7-13/h2-6H,14H2,1H3. The predicted molar refractivity (Wildman–Crippen MR) is 59.6 cm³/mol. The lowest BCUT2D eigenvalue weighted by atomic mass is 10.0. The molecule has 3 heteroatoms. The van der Waals surface area contributed by atoms with E-state index in [0.29, 0.717) is 17.0 Å². The second kappa shape index (κ2) is 3.50. The number of nitrogens with zero attached hydrogens (tertiary/aromatic N) is 1. The summed E-state index contributed by atoms with van der Waals surface area (Å²) in [6.45, 7) is 0. The highest BCUT2D eigenvalue weighted by Gasteiger charge is 2.09. The normalized spacial score (nSPS) is 9.87. The number of nitrogen functional groups attached to an aromatic ring is 1. The second-order valence-electron chi connectivity index (χ2n) is 3.20. The number of benzene rings is 2. The first-order chi connectivity index (χ1) is 7.27. The van der Waals surface area contributed by atoms with E-state index in [-0.39, 0.29) is 0 Å². The van der Waals surface area contributed by atoms with E-state index in [4.69, 9.17) is 15.7 Å². The molecular weight excluding hydrogens is 188 g/mol. The van der Waals surface area contributed by atoms with Crippen molar-refractivity contribution < 1.29 is 4.74 Å². The van der Waals surface area contributed by atoms with Gasteiger partial charge in [-0.25, -0.2) is 0 Å². The van der Waals surface area contributed by atoms with E-state index in [1.165, 1.54) is 7.11 Å². The summed E-state index contributed by atoms with van der Waals surface area (Å²) >= 11 is 0. The molecule has 0 unspecified atom stereocenters. The third-order valence-electron chi connectivity index (χ3n) is 2.37. The zero-order valence-electron chi connectivity index (χ0n) is 8.32. The van der Waals surface area contributed by atoms with E-state index in [2.05, 4.69) is 6.07 Å². The van der Waals surface area contributed by atoms with Crippen molar-refractivity contribution in [1.82, 2.24) is 0 Å². The van der Waals surface area contributed by atoms with Gasteiger partial charge in [0.25, 0.3) is 0 Å². The summed E-state index contributed by atoms with van der Waals surface area (Å²) < 4.78 is 5.12. The maximum atomic E-state index is 9.07. The molecule has 15 heavy (non-hydrogen) atoms. The molecule has 2 rings (SSSR count). The van der Waals surface area contributed by atoms with Gasteiger partial charge in [0.2, 0.25) is 0 Å². The second-order valence-corrected chi connectivity index (χ2v) is 3.20. The molecule has 0 bridgehead atoms. The fraction of sp³-hybridized carbons (Fsp3) is 0.0833. The summed E-state index contributed by atoms with van der Waals surface area (Å²) in [7, 11) is 1.53. The topological polar surface area (TPSA) is 59.0 Å². The molecule has 0 spiro atoms. The Balaban J connectivity index is 2.93. The molecule has 3 nitrogen and oxygen atoms in total. The molecule has 0 aromatic heterocycles. The quantitative estimate of drug-likeness (QED) is 0.715. The molecule has 0 saturated carbocycles. The Morgan fingerprint density at radius 1 is 1.27 bits per heavy atom. The summed E-state index contributed by atoms with van der Waals surface area (Å²) in [5, 5.41) is 10.8. The van der Waals surface area contributed by atoms with Gasteiger partial charge in [-0.05, 0) is 0 Å². The first-order valence-electron chi connectivity index (χ1n) is 4.53. The van der Waals surface area contributed by atoms with Crippen LogP contribution in [0.3, 0.4) is 0 Å². The number of fused-ring (bicyclic) bond motifs is 1. The van der Waals surface area contributed by atoms with Crippen LogP contribution in [-0.4, -0.2) is 7.11 Å². The number of rotatable bonds is 1. The summed E-state index contributed by atoms with van der Waals surface area (Å²) in [5.74, 6) is 0.522. The zero-order chi connectivity index (χ0) is 10.8. The van der Waals surface area contributed by atoms with E-state index in [9.17, 15) is 0 Å². The van der Waals surface area contributed by atoms with Crippen LogP contribution in [0.5, 0.6) is 5.75 Å². The predicted octanol–water partition coefficient (Wildman–Crippen LogP) is 2.30. The van der Waals surface area contributed by atoms with Gasteiger partial charge in [0.15, 0.2) is 0 Å². The Morgan fingerprint density at radius 3 is 2.53 bits per heavy atom. The van der Waals surface area contributed by atoms with Crippen LogP contribution in [-0.2, 0) is 0 Å². The van der Waals surface area contributed by atoms with Gasteiger partial charge in [-0.2, -0.15) is 5.26 Å². The summed E-state index contributed by atoms with van der Waals surface area (Å²) in [5.41, 5.74) is 7.02. The molecule has 0 aliphatic carbocycles. The molecule has 0 radical (unpaired) electrons. The smallest absolute Gasteiger partial charge is 0.139 e. The average molecular weight is 198 g/mol. The van der Waals surface area contributed by atoms with Crippen LogP contribution in [0, 0.1) is 11.3 Å². The molecule has 0 fully saturated rings. The lowest BCUT2D eigenvalue weighted by Crippen LogP contribution is -1.94. The Bertz CT molecular complexity index is 555. The molecule has 2 N–H and O–H groups in total. The molecule has 0 aliphatic rings. The SMILES string of the molecule is COc1cc(N)c2ccccc2c1C#N. The number of hydrogen-bond acceptors (Lipinski definition) is 3. The van der Waals surface area contributed by atoms with Crippen molar-refractivity contribution in [2.45, 2.75) is 0 Å². The van der Waals surface area contributed by atoms with E-state index < -0.39 is 0 Å². The lowest BCUT2D eigenvalue weighted by Gasteiger charge is -2.08. The van der Waals surface area contributed by atoms with Gasteiger partial charge in [0.1, 0.15) is 17.4 Å². The summed E-state index contributed by atoms with van der Waals surface area (Å²) in [4.78, 5) is 0. The van der Waals surface area contributed by atoms with Gasteiger partial charge in [0.05, 0.1) is 7.11 Å². The maximum absolute atomic E-state index is 9.07. The van der Waals surface area contributed by atoms with Crippen LogP contribution in [0.4, 0.5) is 5.69 Å². The molecular formula is C12H10N2O. The van der Waals surface area contributed by atoms with Crippen LogP contribution in [0.25, 0.3) is 10.8 Å². The van der Waals surface area contributed by atoms with Gasteiger partial charge in [-0.15, -0.1) is 0 Å². The first-order valence-corrected chi connectivity index (χ1v) is 4.53. The molecule has 0 amide bonds. The highest BCUT2D eigenvalue weighted by Crippen LogP contribution is 2.31. The van der Waals surface area contributed by atoms with E-state index in [1.54, 1.807) is 6.07 Å². The Morgan fingerprint density at radius 2 is 1.93 bits per heavy atom. The van der Waals surface area contributed by atoms with Crippen molar-refractivity contribution >= 4 is 16.5 Å². The van der Waals surface area contributed by atoms with Gasteiger partial charge in [0, 0.05) is 22.5 Å². The highest BCUT2D eigenvalue weighted by molar-refractivity contribution is 5.98. The lowest BCUT2D eigenvalue weighted by molar-refractivity contribution is 0.414.